The normalized spacial score (nSPS) is 21.3. The van der Waals surface area contributed by atoms with Gasteiger partial charge in [-0.25, -0.2) is 13.2 Å². The minimum atomic E-state index is -3.71. The highest BCUT2D eigenvalue weighted by Crippen LogP contribution is 2.26. The zero-order valence-electron chi connectivity index (χ0n) is 17.5. The summed E-state index contributed by atoms with van der Waals surface area (Å²) in [5.41, 5.74) is 0.443. The number of benzene rings is 1. The Morgan fingerprint density at radius 1 is 1.10 bits per heavy atom. The van der Waals surface area contributed by atoms with Gasteiger partial charge in [-0.15, -0.1) is 0 Å². The number of rotatable bonds is 5. The van der Waals surface area contributed by atoms with Gasteiger partial charge >= 0.3 is 6.09 Å². The second-order valence-electron chi connectivity index (χ2n) is 7.60. The molecule has 10 heteroatoms. The van der Waals surface area contributed by atoms with E-state index in [1.807, 2.05) is 4.90 Å². The van der Waals surface area contributed by atoms with E-state index in [1.54, 1.807) is 0 Å². The monoisotopic (exact) mass is 438 g/mol. The Bertz CT molecular complexity index is 850. The molecule has 30 heavy (non-hydrogen) atoms. The van der Waals surface area contributed by atoms with Crippen LogP contribution in [0.15, 0.2) is 29.2 Å². The van der Waals surface area contributed by atoms with Gasteiger partial charge in [0.1, 0.15) is 0 Å². The third-order valence-electron chi connectivity index (χ3n) is 5.79. The van der Waals surface area contributed by atoms with Crippen LogP contribution in [-0.2, 0) is 19.6 Å². The molecule has 3 rings (SSSR count). The van der Waals surface area contributed by atoms with Gasteiger partial charge in [-0.1, -0.05) is 6.92 Å². The Labute approximate surface area is 178 Å². The van der Waals surface area contributed by atoms with Crippen molar-refractivity contribution < 1.29 is 22.7 Å². The number of amides is 2. The molecule has 2 aliphatic heterocycles. The van der Waals surface area contributed by atoms with Crippen LogP contribution in [0.1, 0.15) is 19.8 Å². The van der Waals surface area contributed by atoms with E-state index in [2.05, 4.69) is 21.9 Å². The van der Waals surface area contributed by atoms with E-state index in [4.69, 9.17) is 0 Å². The second kappa shape index (κ2) is 9.76. The first-order valence-corrected chi connectivity index (χ1v) is 11.8. The van der Waals surface area contributed by atoms with E-state index in [1.165, 1.54) is 35.7 Å². The van der Waals surface area contributed by atoms with E-state index >= 15 is 0 Å². The van der Waals surface area contributed by atoms with Crippen molar-refractivity contribution in [2.24, 2.45) is 5.92 Å². The van der Waals surface area contributed by atoms with Gasteiger partial charge in [-0.05, 0) is 43.7 Å². The number of likely N-dealkylation sites (N-methyl/N-ethyl adjacent to an activating group) is 1. The number of nitrogens with zero attached hydrogens (tertiary/aromatic N) is 3. The molecule has 9 nitrogen and oxygen atoms in total. The molecule has 0 bridgehead atoms. The zero-order valence-corrected chi connectivity index (χ0v) is 18.4. The molecule has 2 amide bonds. The Hall–Kier alpha value is -2.17. The fourth-order valence-electron chi connectivity index (χ4n) is 3.93. The summed E-state index contributed by atoms with van der Waals surface area (Å²) < 4.78 is 32.1. The van der Waals surface area contributed by atoms with Crippen molar-refractivity contribution in [2.45, 2.75) is 24.7 Å². The molecule has 2 saturated heterocycles. The van der Waals surface area contributed by atoms with Crippen LogP contribution in [0.25, 0.3) is 0 Å². The first kappa shape index (κ1) is 22.5. The number of hydrogen-bond acceptors (Lipinski definition) is 6. The molecule has 2 fully saturated rings. The number of anilines is 1. The molecule has 166 valence electrons. The maximum atomic E-state index is 13.1. The fraction of sp³-hybridized carbons (Fsp3) is 0.600. The number of piperazine rings is 1. The number of piperidine rings is 1. The van der Waals surface area contributed by atoms with Crippen molar-refractivity contribution in [1.29, 1.82) is 0 Å². The number of ether oxygens (including phenoxy) is 1. The fourth-order valence-corrected chi connectivity index (χ4v) is 5.46. The van der Waals surface area contributed by atoms with Crippen LogP contribution in [0, 0.1) is 5.92 Å². The average Bonchev–Trinajstić information content (AvgIpc) is 2.79. The molecule has 0 aliphatic carbocycles. The molecule has 1 unspecified atom stereocenters. The van der Waals surface area contributed by atoms with Gasteiger partial charge < -0.3 is 14.5 Å². The van der Waals surface area contributed by atoms with Gasteiger partial charge in [0, 0.05) is 45.0 Å². The maximum absolute atomic E-state index is 13.1. The van der Waals surface area contributed by atoms with Crippen molar-refractivity contribution in [3.8, 4) is 0 Å². The summed E-state index contributed by atoms with van der Waals surface area (Å²) in [4.78, 5) is 28.6. The summed E-state index contributed by atoms with van der Waals surface area (Å²) >= 11 is 0. The third kappa shape index (κ3) is 5.11. The van der Waals surface area contributed by atoms with Gasteiger partial charge in [0.15, 0.2) is 0 Å². The summed E-state index contributed by atoms with van der Waals surface area (Å²) in [7, 11) is -2.46. The predicted molar refractivity (Wildman–Crippen MR) is 113 cm³/mol. The molecule has 2 heterocycles. The molecule has 1 aromatic carbocycles. The molecule has 1 aromatic rings. The van der Waals surface area contributed by atoms with E-state index in [9.17, 15) is 18.0 Å². The van der Waals surface area contributed by atoms with Crippen LogP contribution < -0.4 is 5.32 Å². The number of methoxy groups -OCH3 is 1. The highest BCUT2D eigenvalue weighted by molar-refractivity contribution is 7.89. The van der Waals surface area contributed by atoms with Gasteiger partial charge in [0.2, 0.25) is 15.9 Å². The van der Waals surface area contributed by atoms with Gasteiger partial charge in [0.05, 0.1) is 17.9 Å². The van der Waals surface area contributed by atoms with Gasteiger partial charge in [-0.3, -0.25) is 10.1 Å². The first-order valence-electron chi connectivity index (χ1n) is 10.3. The van der Waals surface area contributed by atoms with Crippen LogP contribution in [0.4, 0.5) is 10.5 Å². The molecule has 2 aliphatic rings. The largest absolute Gasteiger partial charge is 0.453 e. The van der Waals surface area contributed by atoms with Crippen LogP contribution in [0.2, 0.25) is 0 Å². The third-order valence-corrected chi connectivity index (χ3v) is 7.67. The predicted octanol–water partition coefficient (Wildman–Crippen LogP) is 1.43. The molecule has 1 atom stereocenters. The minimum absolute atomic E-state index is 0.0586. The van der Waals surface area contributed by atoms with Crippen molar-refractivity contribution in [3.63, 3.8) is 0 Å². The zero-order chi connectivity index (χ0) is 21.7. The van der Waals surface area contributed by atoms with E-state index < -0.39 is 16.1 Å². The second-order valence-corrected chi connectivity index (χ2v) is 9.54. The Balaban J connectivity index is 1.65. The molecule has 0 saturated carbocycles. The van der Waals surface area contributed by atoms with Crippen molar-refractivity contribution in [1.82, 2.24) is 14.1 Å². The lowest BCUT2D eigenvalue weighted by atomic mass is 9.98. The number of sulfonamides is 1. The van der Waals surface area contributed by atoms with Crippen LogP contribution in [0.3, 0.4) is 0 Å². The van der Waals surface area contributed by atoms with E-state index in [0.29, 0.717) is 38.2 Å². The summed E-state index contributed by atoms with van der Waals surface area (Å²) in [6.45, 7) is 6.82. The quantitative estimate of drug-likeness (QED) is 0.747. The topological polar surface area (TPSA) is 99.3 Å². The summed E-state index contributed by atoms with van der Waals surface area (Å²) in [6.07, 6.45) is 0.746. The first-order chi connectivity index (χ1) is 14.3. The maximum Gasteiger partial charge on any atom is 0.411 e. The highest BCUT2D eigenvalue weighted by Gasteiger charge is 2.35. The van der Waals surface area contributed by atoms with Crippen LogP contribution in [0.5, 0.6) is 0 Å². The lowest BCUT2D eigenvalue weighted by Crippen LogP contribution is -2.52. The summed E-state index contributed by atoms with van der Waals surface area (Å²) in [5.74, 6) is -0.245. The standard InChI is InChI=1S/C20H30N4O5S/c1-3-22-11-13-23(14-12-22)19(25)16-5-4-10-24(15-16)30(27,28)18-8-6-17(7-9-18)21-20(26)29-2/h6-9,16H,3-5,10-15H2,1-2H3,(H,21,26). The Morgan fingerprint density at radius 2 is 1.77 bits per heavy atom. The molecular weight excluding hydrogens is 408 g/mol. The number of carbonyl (C=O) groups is 2. The SMILES string of the molecule is CCN1CCN(C(=O)C2CCCN(S(=O)(=O)c3ccc(NC(=O)OC)cc3)C2)CC1. The van der Waals surface area contributed by atoms with Crippen LogP contribution in [-0.4, -0.2) is 87.4 Å². The van der Waals surface area contributed by atoms with E-state index in [-0.39, 0.29) is 23.3 Å². The minimum Gasteiger partial charge on any atom is -0.453 e. The Kier molecular flexibility index (Phi) is 7.32. The Morgan fingerprint density at radius 3 is 2.37 bits per heavy atom. The van der Waals surface area contributed by atoms with Crippen molar-refractivity contribution >= 4 is 27.7 Å². The lowest BCUT2D eigenvalue weighted by molar-refractivity contribution is -0.138. The smallest absolute Gasteiger partial charge is 0.411 e. The molecule has 0 radical (unpaired) electrons. The molecule has 0 spiro atoms. The van der Waals surface area contributed by atoms with Gasteiger partial charge in [0.25, 0.3) is 0 Å². The molecule has 1 N–H and O–H groups in total. The van der Waals surface area contributed by atoms with Crippen molar-refractivity contribution in [3.05, 3.63) is 24.3 Å². The van der Waals surface area contributed by atoms with E-state index in [0.717, 1.165) is 19.6 Å². The summed E-state index contributed by atoms with van der Waals surface area (Å²) in [6, 6.07) is 5.94. The number of nitrogens with one attached hydrogen (secondary N) is 1. The number of carbonyl (C=O) groups excluding carboxylic acids is 2. The summed E-state index contributed by atoms with van der Waals surface area (Å²) in [5, 5.41) is 2.49. The number of hydrogen-bond donors (Lipinski definition) is 1. The van der Waals surface area contributed by atoms with Crippen LogP contribution >= 0.6 is 0 Å². The molecular formula is C20H30N4O5S. The average molecular weight is 439 g/mol. The lowest BCUT2D eigenvalue weighted by Gasteiger charge is -2.38. The highest BCUT2D eigenvalue weighted by atomic mass is 32.2. The van der Waals surface area contributed by atoms with Gasteiger partial charge in [-0.2, -0.15) is 4.31 Å². The molecule has 0 aromatic heterocycles. The van der Waals surface area contributed by atoms with Crippen molar-refractivity contribution in [2.75, 3.05) is 58.2 Å².